The molecule has 0 N–H and O–H groups in total. The van der Waals surface area contributed by atoms with E-state index in [0.717, 1.165) is 5.56 Å². The summed E-state index contributed by atoms with van der Waals surface area (Å²) in [5, 5.41) is 0. The minimum Gasteiger partial charge on any atom is -0.497 e. The van der Waals surface area contributed by atoms with Crippen molar-refractivity contribution in [3.05, 3.63) is 65.7 Å². The Morgan fingerprint density at radius 1 is 1.00 bits per heavy atom. The number of methoxy groups -OCH3 is 1. The van der Waals surface area contributed by atoms with Crippen LogP contribution in [0.4, 0.5) is 0 Å². The van der Waals surface area contributed by atoms with Gasteiger partial charge in [-0.1, -0.05) is 44.2 Å². The van der Waals surface area contributed by atoms with Crippen LogP contribution in [-0.2, 0) is 4.79 Å². The molecule has 0 saturated carbocycles. The summed E-state index contributed by atoms with van der Waals surface area (Å²) < 4.78 is 5.16. The molecule has 0 saturated heterocycles. The molecule has 0 heterocycles. The lowest BCUT2D eigenvalue weighted by Crippen LogP contribution is -2.31. The Bertz CT molecular complexity index is 700. The van der Waals surface area contributed by atoms with Crippen molar-refractivity contribution in [1.29, 1.82) is 0 Å². The fraction of sp³-hybridized carbons (Fsp3) is 0.333. The van der Waals surface area contributed by atoms with Crippen molar-refractivity contribution in [2.75, 3.05) is 7.11 Å². The van der Waals surface area contributed by atoms with Gasteiger partial charge in [-0.3, -0.25) is 4.79 Å². The summed E-state index contributed by atoms with van der Waals surface area (Å²) in [4.78, 5) is 24.9. The van der Waals surface area contributed by atoms with Crippen molar-refractivity contribution in [3.8, 4) is 5.75 Å². The van der Waals surface area contributed by atoms with Crippen LogP contribution in [0.5, 0.6) is 5.75 Å². The summed E-state index contributed by atoms with van der Waals surface area (Å²) in [6, 6.07) is 16.8. The number of carbonyl (C=O) groups excluding carboxylic acids is 2. The first-order valence-corrected chi connectivity index (χ1v) is 8.08. The third-order valence-corrected chi connectivity index (χ3v) is 4.26. The number of Topliss-reactive ketones (excluding diaryl/α,β-unsaturated/α-hetero) is 2. The Morgan fingerprint density at radius 2 is 1.58 bits per heavy atom. The molecule has 0 radical (unpaired) electrons. The highest BCUT2D eigenvalue weighted by atomic mass is 16.5. The zero-order valence-electron chi connectivity index (χ0n) is 14.7. The summed E-state index contributed by atoms with van der Waals surface area (Å²) in [6.45, 7) is 5.53. The number of ketones is 2. The average Bonchev–Trinajstić information content (AvgIpc) is 2.54. The van der Waals surface area contributed by atoms with E-state index in [1.54, 1.807) is 38.3 Å². The Morgan fingerprint density at radius 3 is 2.08 bits per heavy atom. The van der Waals surface area contributed by atoms with Crippen LogP contribution in [0, 0.1) is 5.41 Å². The lowest BCUT2D eigenvalue weighted by molar-refractivity contribution is -0.119. The molecule has 0 aliphatic heterocycles. The Hall–Kier alpha value is -2.42. The van der Waals surface area contributed by atoms with Crippen molar-refractivity contribution in [1.82, 2.24) is 0 Å². The topological polar surface area (TPSA) is 43.4 Å². The first-order chi connectivity index (χ1) is 11.3. The van der Waals surface area contributed by atoms with Crippen LogP contribution in [0.3, 0.4) is 0 Å². The smallest absolute Gasteiger partial charge is 0.170 e. The van der Waals surface area contributed by atoms with E-state index in [1.807, 2.05) is 44.2 Å². The summed E-state index contributed by atoms with van der Waals surface area (Å²) in [6.07, 6.45) is 0.356. The Labute approximate surface area is 143 Å². The predicted octanol–water partition coefficient (Wildman–Crippen LogP) is 4.67. The lowest BCUT2D eigenvalue weighted by Gasteiger charge is -2.33. The molecule has 0 fully saturated rings. The number of hydrogen-bond donors (Lipinski definition) is 0. The number of ether oxygens (including phenoxy) is 1. The van der Waals surface area contributed by atoms with Gasteiger partial charge in [0.15, 0.2) is 5.78 Å². The van der Waals surface area contributed by atoms with E-state index in [9.17, 15) is 9.59 Å². The van der Waals surface area contributed by atoms with E-state index in [2.05, 4.69) is 0 Å². The molecule has 0 aliphatic carbocycles. The van der Waals surface area contributed by atoms with Gasteiger partial charge in [0.05, 0.1) is 13.0 Å². The second kappa shape index (κ2) is 7.43. The highest BCUT2D eigenvalue weighted by molar-refractivity contribution is 6.02. The van der Waals surface area contributed by atoms with Gasteiger partial charge in [0, 0.05) is 12.0 Å². The number of rotatable bonds is 7. The van der Waals surface area contributed by atoms with Gasteiger partial charge >= 0.3 is 0 Å². The van der Waals surface area contributed by atoms with Crippen LogP contribution < -0.4 is 4.74 Å². The van der Waals surface area contributed by atoms with Crippen LogP contribution in [0.1, 0.15) is 49.0 Å². The molecule has 1 unspecified atom stereocenters. The molecule has 126 valence electrons. The van der Waals surface area contributed by atoms with Gasteiger partial charge in [-0.15, -0.1) is 0 Å². The van der Waals surface area contributed by atoms with E-state index < -0.39 is 5.41 Å². The number of hydrogen-bond acceptors (Lipinski definition) is 3. The van der Waals surface area contributed by atoms with E-state index in [4.69, 9.17) is 4.74 Å². The molecule has 2 aromatic carbocycles. The third-order valence-electron chi connectivity index (χ3n) is 4.26. The monoisotopic (exact) mass is 324 g/mol. The van der Waals surface area contributed by atoms with Crippen LogP contribution in [0.2, 0.25) is 0 Å². The first-order valence-electron chi connectivity index (χ1n) is 8.08. The number of benzene rings is 2. The van der Waals surface area contributed by atoms with Gasteiger partial charge in [0.1, 0.15) is 11.5 Å². The largest absolute Gasteiger partial charge is 0.497 e. The molecule has 0 aromatic heterocycles. The summed E-state index contributed by atoms with van der Waals surface area (Å²) >= 11 is 0. The van der Waals surface area contributed by atoms with E-state index >= 15 is 0 Å². The summed E-state index contributed by atoms with van der Waals surface area (Å²) in [5.74, 6) is 0.445. The quantitative estimate of drug-likeness (QED) is 0.695. The maximum absolute atomic E-state index is 13.2. The molecule has 3 nitrogen and oxygen atoms in total. The molecule has 0 amide bonds. The first kappa shape index (κ1) is 17.9. The molecular weight excluding hydrogens is 300 g/mol. The Balaban J connectivity index is 2.45. The van der Waals surface area contributed by atoms with Gasteiger partial charge < -0.3 is 9.53 Å². The molecule has 0 spiro atoms. The SMILES string of the molecule is COc1ccc(C(=O)C(c2ccccc2)C(C)(C)CC(C)=O)cc1. The number of carbonyl (C=O) groups is 2. The minimum atomic E-state index is -0.468. The van der Waals surface area contributed by atoms with Gasteiger partial charge in [-0.2, -0.15) is 0 Å². The molecule has 0 bridgehead atoms. The molecule has 2 aromatic rings. The average molecular weight is 324 g/mol. The fourth-order valence-electron chi connectivity index (χ4n) is 3.27. The van der Waals surface area contributed by atoms with Crippen LogP contribution in [-0.4, -0.2) is 18.7 Å². The summed E-state index contributed by atoms with van der Waals surface area (Å²) in [5.41, 5.74) is 1.09. The standard InChI is InChI=1S/C21H24O3/c1-15(22)14-21(2,3)19(16-8-6-5-7-9-16)20(23)17-10-12-18(24-4)13-11-17/h5-13,19H,14H2,1-4H3. The molecular formula is C21H24O3. The van der Waals surface area contributed by atoms with E-state index in [-0.39, 0.29) is 17.5 Å². The van der Waals surface area contributed by atoms with Gasteiger partial charge in [0.25, 0.3) is 0 Å². The molecule has 3 heteroatoms. The van der Waals surface area contributed by atoms with Crippen LogP contribution in [0.15, 0.2) is 54.6 Å². The van der Waals surface area contributed by atoms with Crippen LogP contribution >= 0.6 is 0 Å². The fourth-order valence-corrected chi connectivity index (χ4v) is 3.27. The van der Waals surface area contributed by atoms with E-state index in [1.165, 1.54) is 0 Å². The zero-order chi connectivity index (χ0) is 17.7. The van der Waals surface area contributed by atoms with Crippen molar-refractivity contribution in [2.45, 2.75) is 33.1 Å². The van der Waals surface area contributed by atoms with Crippen molar-refractivity contribution < 1.29 is 14.3 Å². The highest BCUT2D eigenvalue weighted by Gasteiger charge is 2.37. The van der Waals surface area contributed by atoms with E-state index in [0.29, 0.717) is 17.7 Å². The third kappa shape index (κ3) is 4.10. The van der Waals surface area contributed by atoms with Crippen LogP contribution in [0.25, 0.3) is 0 Å². The van der Waals surface area contributed by atoms with Gasteiger partial charge in [-0.05, 0) is 42.2 Å². The normalized spacial score (nSPS) is 12.5. The molecule has 0 aliphatic rings. The highest BCUT2D eigenvalue weighted by Crippen LogP contribution is 2.41. The maximum Gasteiger partial charge on any atom is 0.170 e. The zero-order valence-corrected chi connectivity index (χ0v) is 14.7. The van der Waals surface area contributed by atoms with Gasteiger partial charge in [-0.25, -0.2) is 0 Å². The van der Waals surface area contributed by atoms with Gasteiger partial charge in [0.2, 0.25) is 0 Å². The van der Waals surface area contributed by atoms with Crippen molar-refractivity contribution in [3.63, 3.8) is 0 Å². The lowest BCUT2D eigenvalue weighted by atomic mass is 9.69. The molecule has 2 rings (SSSR count). The Kier molecular flexibility index (Phi) is 5.55. The molecule has 1 atom stereocenters. The van der Waals surface area contributed by atoms with Crippen molar-refractivity contribution in [2.24, 2.45) is 5.41 Å². The van der Waals surface area contributed by atoms with Crippen molar-refractivity contribution >= 4 is 11.6 Å². The predicted molar refractivity (Wildman–Crippen MR) is 95.6 cm³/mol. The second-order valence-corrected chi connectivity index (χ2v) is 6.80. The molecule has 24 heavy (non-hydrogen) atoms. The second-order valence-electron chi connectivity index (χ2n) is 6.80. The maximum atomic E-state index is 13.2. The summed E-state index contributed by atoms with van der Waals surface area (Å²) in [7, 11) is 1.60. The minimum absolute atomic E-state index is 0.0232.